The summed E-state index contributed by atoms with van der Waals surface area (Å²) in [5.74, 6) is 1.60. The number of nitrogens with zero attached hydrogens (tertiary/aromatic N) is 5. The molecule has 12 rings (SSSR count). The van der Waals surface area contributed by atoms with Crippen molar-refractivity contribution >= 4 is 65.2 Å². The van der Waals surface area contributed by atoms with E-state index in [1.807, 2.05) is 24.4 Å². The van der Waals surface area contributed by atoms with Gasteiger partial charge >= 0.3 is 0 Å². The minimum atomic E-state index is 0.703. The van der Waals surface area contributed by atoms with E-state index in [1.54, 1.807) is 0 Å². The van der Waals surface area contributed by atoms with E-state index in [-0.39, 0.29) is 0 Å². The first-order valence-electron chi connectivity index (χ1n) is 18.9. The van der Waals surface area contributed by atoms with Gasteiger partial charge in [0, 0.05) is 50.1 Å². The molecule has 0 aliphatic heterocycles. The number of benzene rings is 8. The van der Waals surface area contributed by atoms with Crippen LogP contribution in [0.5, 0.6) is 0 Å². The highest BCUT2D eigenvalue weighted by atomic mass is 15.1. The van der Waals surface area contributed by atoms with Gasteiger partial charge in [-0.15, -0.1) is 0 Å². The van der Waals surface area contributed by atoms with E-state index in [4.69, 9.17) is 15.0 Å². The number of rotatable bonds is 5. The molecule has 5 nitrogen and oxygen atoms in total. The molecule has 12 aromatic rings. The maximum atomic E-state index is 5.11. The van der Waals surface area contributed by atoms with Crippen LogP contribution in [0.15, 0.2) is 188 Å². The fourth-order valence-corrected chi connectivity index (χ4v) is 8.79. The topological polar surface area (TPSA) is 48.5 Å². The summed E-state index contributed by atoms with van der Waals surface area (Å²) in [4.78, 5) is 15.1. The van der Waals surface area contributed by atoms with Gasteiger partial charge in [0.2, 0.25) is 0 Å². The van der Waals surface area contributed by atoms with Gasteiger partial charge in [-0.3, -0.25) is 4.57 Å². The lowest BCUT2D eigenvalue weighted by atomic mass is 10.00. The van der Waals surface area contributed by atoms with Crippen LogP contribution in [0.3, 0.4) is 0 Å². The summed E-state index contributed by atoms with van der Waals surface area (Å²) in [6, 6.07) is 64.6. The molecule has 0 aliphatic rings. The molecular formula is C51H31N5. The summed E-state index contributed by atoms with van der Waals surface area (Å²) in [5.41, 5.74) is 10.7. The van der Waals surface area contributed by atoms with Gasteiger partial charge in [-0.1, -0.05) is 127 Å². The Balaban J connectivity index is 1.09. The summed E-state index contributed by atoms with van der Waals surface area (Å²) in [6.07, 6.45) is 1.88. The number of pyridine rings is 1. The Morgan fingerprint density at radius 2 is 1.05 bits per heavy atom. The Hall–Kier alpha value is -7.63. The first kappa shape index (κ1) is 30.8. The van der Waals surface area contributed by atoms with E-state index in [9.17, 15) is 0 Å². The van der Waals surface area contributed by atoms with E-state index < -0.39 is 0 Å². The monoisotopic (exact) mass is 713 g/mol. The molecule has 0 unspecified atom stereocenters. The van der Waals surface area contributed by atoms with E-state index in [1.165, 1.54) is 43.4 Å². The molecule has 0 saturated carbocycles. The maximum absolute atomic E-state index is 5.11. The van der Waals surface area contributed by atoms with Crippen molar-refractivity contribution in [3.8, 4) is 45.4 Å². The van der Waals surface area contributed by atoms with Gasteiger partial charge in [-0.25, -0.2) is 15.0 Å². The largest absolute Gasteiger partial charge is 0.307 e. The Morgan fingerprint density at radius 1 is 0.375 bits per heavy atom. The van der Waals surface area contributed by atoms with Gasteiger partial charge in [0.15, 0.2) is 5.82 Å². The van der Waals surface area contributed by atoms with Crippen molar-refractivity contribution in [1.29, 1.82) is 0 Å². The zero-order chi connectivity index (χ0) is 36.7. The van der Waals surface area contributed by atoms with Crippen LogP contribution in [0.1, 0.15) is 0 Å². The zero-order valence-corrected chi connectivity index (χ0v) is 30.1. The number of para-hydroxylation sites is 1. The van der Waals surface area contributed by atoms with Gasteiger partial charge in [0.1, 0.15) is 5.82 Å². The normalized spacial score (nSPS) is 11.9. The first-order valence-corrected chi connectivity index (χ1v) is 18.9. The van der Waals surface area contributed by atoms with Crippen LogP contribution in [-0.4, -0.2) is 24.1 Å². The number of aromatic nitrogens is 5. The summed E-state index contributed by atoms with van der Waals surface area (Å²) in [5, 5.41) is 9.71. The molecule has 260 valence electrons. The highest BCUT2D eigenvalue weighted by Gasteiger charge is 2.24. The molecule has 0 fully saturated rings. The molecule has 0 radical (unpaired) electrons. The summed E-state index contributed by atoms with van der Waals surface area (Å²) in [7, 11) is 0. The quantitative estimate of drug-likeness (QED) is 0.167. The van der Waals surface area contributed by atoms with Crippen LogP contribution in [-0.2, 0) is 0 Å². The smallest absolute Gasteiger partial charge is 0.160 e. The minimum absolute atomic E-state index is 0.703. The van der Waals surface area contributed by atoms with Crippen molar-refractivity contribution in [3.63, 3.8) is 0 Å². The third-order valence-electron chi connectivity index (χ3n) is 11.3. The molecule has 0 saturated heterocycles. The van der Waals surface area contributed by atoms with Crippen molar-refractivity contribution in [2.75, 3.05) is 0 Å². The summed E-state index contributed by atoms with van der Waals surface area (Å²) in [6.45, 7) is 0. The van der Waals surface area contributed by atoms with Crippen LogP contribution in [0, 0.1) is 0 Å². The second-order valence-electron chi connectivity index (χ2n) is 14.5. The Kier molecular flexibility index (Phi) is 6.56. The van der Waals surface area contributed by atoms with Gasteiger partial charge in [0.05, 0.1) is 33.5 Å². The lowest BCUT2D eigenvalue weighted by Crippen LogP contribution is -2.00. The predicted molar refractivity (Wildman–Crippen MR) is 231 cm³/mol. The lowest BCUT2D eigenvalue weighted by molar-refractivity contribution is 1.08. The molecule has 0 atom stereocenters. The highest BCUT2D eigenvalue weighted by molar-refractivity contribution is 6.32. The van der Waals surface area contributed by atoms with E-state index >= 15 is 0 Å². The number of hydrogen-bond donors (Lipinski definition) is 0. The summed E-state index contributed by atoms with van der Waals surface area (Å²) < 4.78 is 4.81. The van der Waals surface area contributed by atoms with Crippen molar-refractivity contribution < 1.29 is 0 Å². The molecule has 56 heavy (non-hydrogen) atoms. The van der Waals surface area contributed by atoms with Crippen molar-refractivity contribution in [1.82, 2.24) is 24.1 Å². The average Bonchev–Trinajstić information content (AvgIpc) is 3.80. The van der Waals surface area contributed by atoms with Crippen LogP contribution in [0.2, 0.25) is 0 Å². The van der Waals surface area contributed by atoms with E-state index in [0.717, 1.165) is 61.4 Å². The number of hydrogen-bond acceptors (Lipinski definition) is 3. The Morgan fingerprint density at radius 3 is 1.84 bits per heavy atom. The SMILES string of the molecule is c1ccc(-c2cc(-c3ccccc3)nc(-c3ccc4cc(-n5c6cccc7ccc8cc9c%10ccccc%10n(-c%10ccccn%10)c9c5c8c76)ccc4c3)n2)cc1. The molecule has 0 bridgehead atoms. The van der Waals surface area contributed by atoms with Gasteiger partial charge < -0.3 is 4.57 Å². The zero-order valence-electron chi connectivity index (χ0n) is 30.1. The second-order valence-corrected chi connectivity index (χ2v) is 14.5. The first-order chi connectivity index (χ1) is 27.8. The summed E-state index contributed by atoms with van der Waals surface area (Å²) >= 11 is 0. The third kappa shape index (κ3) is 4.58. The highest BCUT2D eigenvalue weighted by Crippen LogP contribution is 2.46. The van der Waals surface area contributed by atoms with Crippen LogP contribution in [0.4, 0.5) is 0 Å². The van der Waals surface area contributed by atoms with Crippen molar-refractivity contribution in [3.05, 3.63) is 188 Å². The predicted octanol–water partition coefficient (Wildman–Crippen LogP) is 12.8. The lowest BCUT2D eigenvalue weighted by Gasteiger charge is -2.13. The molecule has 8 aromatic carbocycles. The molecule has 0 amide bonds. The molecule has 4 heterocycles. The minimum Gasteiger partial charge on any atom is -0.307 e. The molecule has 4 aromatic heterocycles. The van der Waals surface area contributed by atoms with Crippen molar-refractivity contribution in [2.45, 2.75) is 0 Å². The maximum Gasteiger partial charge on any atom is 0.160 e. The average molecular weight is 714 g/mol. The van der Waals surface area contributed by atoms with Gasteiger partial charge in [-0.2, -0.15) is 0 Å². The molecular weight excluding hydrogens is 683 g/mol. The fraction of sp³-hybridized carbons (Fsp3) is 0. The van der Waals surface area contributed by atoms with E-state index in [0.29, 0.717) is 5.82 Å². The van der Waals surface area contributed by atoms with Crippen LogP contribution < -0.4 is 0 Å². The number of fused-ring (bicyclic) bond motifs is 5. The molecule has 0 spiro atoms. The third-order valence-corrected chi connectivity index (χ3v) is 11.3. The van der Waals surface area contributed by atoms with Crippen LogP contribution >= 0.6 is 0 Å². The van der Waals surface area contributed by atoms with Crippen molar-refractivity contribution in [2.24, 2.45) is 0 Å². The second kappa shape index (κ2) is 11.9. The van der Waals surface area contributed by atoms with Gasteiger partial charge in [-0.05, 0) is 76.1 Å². The standard InChI is InChI=1S/C51H31N5/c1-3-12-32(13-4-1)42-31-43(33-14-5-2-6-15-33)54-51(53-42)38-24-22-36-29-39(26-25-35(36)28-38)55-45-19-11-16-34-21-23-37-30-41-40-17-7-8-18-44(40)56(46-20-9-10-27-52-46)49(41)50(55)48(37)47(34)45/h1-31H. The molecule has 0 aliphatic carbocycles. The van der Waals surface area contributed by atoms with E-state index in [2.05, 4.69) is 173 Å². The Labute approximate surface area is 321 Å². The van der Waals surface area contributed by atoms with Gasteiger partial charge in [0.25, 0.3) is 0 Å². The molecule has 0 N–H and O–H groups in total. The Bertz CT molecular complexity index is 3400. The van der Waals surface area contributed by atoms with Crippen LogP contribution in [0.25, 0.3) is 111 Å². The fourth-order valence-electron chi connectivity index (χ4n) is 8.79. The molecule has 5 heteroatoms.